The van der Waals surface area contributed by atoms with Gasteiger partial charge in [-0.15, -0.1) is 0 Å². The Morgan fingerprint density at radius 3 is 2.54 bits per heavy atom. The second-order valence-electron chi connectivity index (χ2n) is 7.68. The lowest BCUT2D eigenvalue weighted by atomic mass is 10.0. The van der Waals surface area contributed by atoms with Crippen LogP contribution in [0.1, 0.15) is 30.7 Å². The molecule has 0 bridgehead atoms. The molecule has 4 rings (SSSR count). The Morgan fingerprint density at radius 2 is 1.79 bits per heavy atom. The number of benzene rings is 2. The highest BCUT2D eigenvalue weighted by molar-refractivity contribution is 5.76. The van der Waals surface area contributed by atoms with Crippen LogP contribution in [0, 0.1) is 0 Å². The van der Waals surface area contributed by atoms with Crippen LogP contribution < -0.4 is 5.32 Å². The fourth-order valence-corrected chi connectivity index (χ4v) is 3.97. The van der Waals surface area contributed by atoms with E-state index in [2.05, 4.69) is 52.2 Å². The van der Waals surface area contributed by atoms with Gasteiger partial charge in [0.05, 0.1) is 17.6 Å². The summed E-state index contributed by atoms with van der Waals surface area (Å²) in [6.45, 7) is 2.85. The number of carbonyl (C=O) groups excluding carboxylic acids is 1. The van der Waals surface area contributed by atoms with Crippen molar-refractivity contribution >= 4 is 16.9 Å². The highest BCUT2D eigenvalue weighted by atomic mass is 16.1. The maximum absolute atomic E-state index is 12.3. The summed E-state index contributed by atoms with van der Waals surface area (Å²) in [6, 6.07) is 18.8. The Kier molecular flexibility index (Phi) is 5.72. The van der Waals surface area contributed by atoms with Crippen molar-refractivity contribution in [1.29, 1.82) is 0 Å². The maximum Gasteiger partial charge on any atom is 0.220 e. The lowest BCUT2D eigenvalue weighted by Crippen LogP contribution is -2.44. The number of likely N-dealkylation sites (tertiary alicyclic amines) is 1. The molecule has 0 unspecified atom stereocenters. The number of piperidine rings is 1. The van der Waals surface area contributed by atoms with Crippen molar-refractivity contribution in [2.45, 2.75) is 38.3 Å². The molecule has 1 saturated heterocycles. The summed E-state index contributed by atoms with van der Waals surface area (Å²) in [4.78, 5) is 19.5. The lowest BCUT2D eigenvalue weighted by molar-refractivity contribution is -0.122. The van der Waals surface area contributed by atoms with Gasteiger partial charge in [-0.3, -0.25) is 9.69 Å². The van der Waals surface area contributed by atoms with Gasteiger partial charge in [0, 0.05) is 32.6 Å². The van der Waals surface area contributed by atoms with E-state index in [-0.39, 0.29) is 5.91 Å². The van der Waals surface area contributed by atoms with Gasteiger partial charge in [-0.1, -0.05) is 42.5 Å². The van der Waals surface area contributed by atoms with Crippen LogP contribution in [-0.2, 0) is 24.8 Å². The minimum absolute atomic E-state index is 0.164. The third kappa shape index (κ3) is 4.42. The number of hydrogen-bond acceptors (Lipinski definition) is 3. The zero-order valence-corrected chi connectivity index (χ0v) is 16.5. The van der Waals surface area contributed by atoms with Crippen LogP contribution in [0.3, 0.4) is 0 Å². The number of hydrogen-bond donors (Lipinski definition) is 1. The Balaban J connectivity index is 1.24. The quantitative estimate of drug-likeness (QED) is 0.718. The lowest BCUT2D eigenvalue weighted by Gasteiger charge is -2.32. The molecule has 0 aliphatic carbocycles. The number of imidazole rings is 1. The molecule has 1 aliphatic rings. The first kappa shape index (κ1) is 18.7. The molecule has 28 heavy (non-hydrogen) atoms. The summed E-state index contributed by atoms with van der Waals surface area (Å²) in [5.74, 6) is 1.27. The number of carbonyl (C=O) groups is 1. The molecule has 5 heteroatoms. The Hall–Kier alpha value is -2.66. The molecule has 1 fully saturated rings. The molecular formula is C23H28N4O. The number of aryl methyl sites for hydroxylation is 2. The van der Waals surface area contributed by atoms with Gasteiger partial charge in [-0.25, -0.2) is 4.98 Å². The molecular weight excluding hydrogens is 348 g/mol. The SMILES string of the molecule is Cn1c(CN2CCC(NC(=O)CCc3ccccc3)CC2)nc2ccccc21. The number of rotatable bonds is 6. The van der Waals surface area contributed by atoms with E-state index in [9.17, 15) is 4.79 Å². The largest absolute Gasteiger partial charge is 0.353 e. The first-order valence-electron chi connectivity index (χ1n) is 10.1. The van der Waals surface area contributed by atoms with Crippen LogP contribution in [0.2, 0.25) is 0 Å². The van der Waals surface area contributed by atoms with E-state index in [4.69, 9.17) is 4.98 Å². The standard InChI is InChI=1S/C23H28N4O/c1-26-21-10-6-5-9-20(21)25-22(26)17-27-15-13-19(14-16-27)24-23(28)12-11-18-7-3-2-4-8-18/h2-10,19H,11-17H2,1H3,(H,24,28). The summed E-state index contributed by atoms with van der Waals surface area (Å²) < 4.78 is 2.19. The van der Waals surface area contributed by atoms with E-state index >= 15 is 0 Å². The number of para-hydroxylation sites is 2. The summed E-state index contributed by atoms with van der Waals surface area (Å²) >= 11 is 0. The van der Waals surface area contributed by atoms with Crippen LogP contribution in [0.15, 0.2) is 54.6 Å². The van der Waals surface area contributed by atoms with Crippen molar-refractivity contribution in [3.63, 3.8) is 0 Å². The fourth-order valence-electron chi connectivity index (χ4n) is 3.97. The van der Waals surface area contributed by atoms with Crippen molar-refractivity contribution in [2.24, 2.45) is 7.05 Å². The predicted octanol–water partition coefficient (Wildman–Crippen LogP) is 3.29. The van der Waals surface area contributed by atoms with Crippen LogP contribution >= 0.6 is 0 Å². The minimum Gasteiger partial charge on any atom is -0.353 e. The normalized spacial score (nSPS) is 15.8. The molecule has 1 aromatic heterocycles. The number of fused-ring (bicyclic) bond motifs is 1. The van der Waals surface area contributed by atoms with E-state index in [0.29, 0.717) is 12.5 Å². The minimum atomic E-state index is 0.164. The second kappa shape index (κ2) is 8.57. The summed E-state index contributed by atoms with van der Waals surface area (Å²) in [5, 5.41) is 3.22. The molecule has 1 amide bonds. The van der Waals surface area contributed by atoms with Gasteiger partial charge >= 0.3 is 0 Å². The van der Waals surface area contributed by atoms with Crippen LogP contribution in [0.5, 0.6) is 0 Å². The zero-order chi connectivity index (χ0) is 19.3. The zero-order valence-electron chi connectivity index (χ0n) is 16.5. The van der Waals surface area contributed by atoms with Crippen LogP contribution in [-0.4, -0.2) is 39.5 Å². The van der Waals surface area contributed by atoms with E-state index < -0.39 is 0 Å². The average Bonchev–Trinajstić information content (AvgIpc) is 3.04. The van der Waals surface area contributed by atoms with Gasteiger partial charge < -0.3 is 9.88 Å². The highest BCUT2D eigenvalue weighted by Gasteiger charge is 2.22. The van der Waals surface area contributed by atoms with E-state index in [0.717, 1.165) is 50.2 Å². The number of amides is 1. The molecule has 2 aromatic carbocycles. The fraction of sp³-hybridized carbons (Fsp3) is 0.391. The Bertz CT molecular complexity index is 926. The first-order chi connectivity index (χ1) is 13.7. The average molecular weight is 377 g/mol. The van der Waals surface area contributed by atoms with Crippen LogP contribution in [0.4, 0.5) is 0 Å². The number of nitrogens with one attached hydrogen (secondary N) is 1. The first-order valence-corrected chi connectivity index (χ1v) is 10.1. The topological polar surface area (TPSA) is 50.2 Å². The molecule has 1 N–H and O–H groups in total. The molecule has 0 atom stereocenters. The van der Waals surface area contributed by atoms with Crippen molar-refractivity contribution in [3.05, 3.63) is 66.0 Å². The summed E-state index contributed by atoms with van der Waals surface area (Å²) in [6.07, 6.45) is 3.37. The molecule has 5 nitrogen and oxygen atoms in total. The number of nitrogens with zero attached hydrogens (tertiary/aromatic N) is 3. The second-order valence-corrected chi connectivity index (χ2v) is 7.68. The van der Waals surface area contributed by atoms with Gasteiger partial charge in [0.1, 0.15) is 5.82 Å². The van der Waals surface area contributed by atoms with Gasteiger partial charge in [0.25, 0.3) is 0 Å². The third-order valence-electron chi connectivity index (χ3n) is 5.68. The Labute approximate surface area is 166 Å². The third-order valence-corrected chi connectivity index (χ3v) is 5.68. The molecule has 0 radical (unpaired) electrons. The van der Waals surface area contributed by atoms with Crippen molar-refractivity contribution < 1.29 is 4.79 Å². The van der Waals surface area contributed by atoms with Gasteiger partial charge in [0.15, 0.2) is 0 Å². The van der Waals surface area contributed by atoms with E-state index in [1.807, 2.05) is 24.3 Å². The molecule has 146 valence electrons. The molecule has 3 aromatic rings. The predicted molar refractivity (Wildman–Crippen MR) is 112 cm³/mol. The molecule has 2 heterocycles. The van der Waals surface area contributed by atoms with Gasteiger partial charge in [0.2, 0.25) is 5.91 Å². The van der Waals surface area contributed by atoms with Gasteiger partial charge in [-0.2, -0.15) is 0 Å². The molecule has 0 spiro atoms. The van der Waals surface area contributed by atoms with Crippen molar-refractivity contribution in [1.82, 2.24) is 19.8 Å². The monoisotopic (exact) mass is 376 g/mol. The smallest absolute Gasteiger partial charge is 0.220 e. The molecule has 1 aliphatic heterocycles. The Morgan fingerprint density at radius 1 is 1.07 bits per heavy atom. The van der Waals surface area contributed by atoms with E-state index in [1.165, 1.54) is 11.1 Å². The number of aromatic nitrogens is 2. The van der Waals surface area contributed by atoms with Crippen LogP contribution in [0.25, 0.3) is 11.0 Å². The maximum atomic E-state index is 12.3. The van der Waals surface area contributed by atoms with E-state index in [1.54, 1.807) is 0 Å². The highest BCUT2D eigenvalue weighted by Crippen LogP contribution is 2.18. The molecule has 0 saturated carbocycles. The van der Waals surface area contributed by atoms with Crippen molar-refractivity contribution in [3.8, 4) is 0 Å². The summed E-state index contributed by atoms with van der Waals surface area (Å²) in [5.41, 5.74) is 3.45. The van der Waals surface area contributed by atoms with Crippen molar-refractivity contribution in [2.75, 3.05) is 13.1 Å². The summed E-state index contributed by atoms with van der Waals surface area (Å²) in [7, 11) is 2.09. The van der Waals surface area contributed by atoms with Gasteiger partial charge in [-0.05, 0) is 37.0 Å².